The third kappa shape index (κ3) is 4.36. The van der Waals surface area contributed by atoms with Crippen LogP contribution in [-0.2, 0) is 9.59 Å². The molecule has 2 amide bonds. The molecule has 2 N–H and O–H groups in total. The van der Waals surface area contributed by atoms with Crippen molar-refractivity contribution in [2.75, 3.05) is 13.1 Å². The molecule has 2 aromatic rings. The molecule has 8 nitrogen and oxygen atoms in total. The van der Waals surface area contributed by atoms with Crippen molar-refractivity contribution in [3.8, 4) is 10.6 Å². The first kappa shape index (κ1) is 19.9. The van der Waals surface area contributed by atoms with Crippen LogP contribution in [0, 0.1) is 12.8 Å². The van der Waals surface area contributed by atoms with Crippen molar-refractivity contribution < 1.29 is 19.5 Å². The number of pyridine rings is 1. The van der Waals surface area contributed by atoms with Crippen LogP contribution in [0.3, 0.4) is 0 Å². The van der Waals surface area contributed by atoms with E-state index in [1.165, 1.54) is 18.3 Å². The average Bonchev–Trinajstić information content (AvgIpc) is 3.09. The molecule has 1 fully saturated rings. The summed E-state index contributed by atoms with van der Waals surface area (Å²) >= 11 is 1.32. The largest absolute Gasteiger partial charge is 0.480 e. The van der Waals surface area contributed by atoms with Crippen LogP contribution in [0.2, 0.25) is 0 Å². The number of carboxylic acids is 1. The SMILES string of the molecule is Cc1nc(-c2cccnc2)sc1C(=O)N1CCCC(C(=O)NC(C)C(=O)O)C1. The third-order valence-corrected chi connectivity index (χ3v) is 5.90. The van der Waals surface area contributed by atoms with E-state index >= 15 is 0 Å². The smallest absolute Gasteiger partial charge is 0.325 e. The van der Waals surface area contributed by atoms with E-state index in [0.717, 1.165) is 10.6 Å². The van der Waals surface area contributed by atoms with Crippen molar-refractivity contribution in [3.63, 3.8) is 0 Å². The number of piperidine rings is 1. The molecule has 2 unspecified atom stereocenters. The zero-order chi connectivity index (χ0) is 20.3. The molecule has 0 saturated carbocycles. The van der Waals surface area contributed by atoms with Crippen molar-refractivity contribution in [2.45, 2.75) is 32.7 Å². The Morgan fingerprint density at radius 2 is 2.18 bits per heavy atom. The van der Waals surface area contributed by atoms with Gasteiger partial charge in [0.25, 0.3) is 5.91 Å². The van der Waals surface area contributed by atoms with Crippen molar-refractivity contribution in [1.29, 1.82) is 0 Å². The molecule has 0 spiro atoms. The number of hydrogen-bond donors (Lipinski definition) is 2. The molecule has 2 atom stereocenters. The van der Waals surface area contributed by atoms with Gasteiger partial charge in [0.2, 0.25) is 5.91 Å². The molecule has 148 valence electrons. The summed E-state index contributed by atoms with van der Waals surface area (Å²) in [5, 5.41) is 12.2. The van der Waals surface area contributed by atoms with Crippen molar-refractivity contribution >= 4 is 29.1 Å². The molecule has 0 aliphatic carbocycles. The first-order valence-corrected chi connectivity index (χ1v) is 9.88. The van der Waals surface area contributed by atoms with E-state index in [-0.39, 0.29) is 18.4 Å². The summed E-state index contributed by atoms with van der Waals surface area (Å²) < 4.78 is 0. The lowest BCUT2D eigenvalue weighted by atomic mass is 9.96. The summed E-state index contributed by atoms with van der Waals surface area (Å²) in [6.07, 6.45) is 4.71. The Kier molecular flexibility index (Phi) is 6.03. The average molecular weight is 402 g/mol. The van der Waals surface area contributed by atoms with Gasteiger partial charge in [-0.05, 0) is 38.8 Å². The number of aromatic nitrogens is 2. The summed E-state index contributed by atoms with van der Waals surface area (Å²) in [5.41, 5.74) is 1.51. The Morgan fingerprint density at radius 3 is 2.86 bits per heavy atom. The lowest BCUT2D eigenvalue weighted by Crippen LogP contribution is -2.48. The number of aliphatic carboxylic acids is 1. The summed E-state index contributed by atoms with van der Waals surface area (Å²) in [6, 6.07) is 2.76. The fourth-order valence-corrected chi connectivity index (χ4v) is 4.14. The number of aryl methyl sites for hydroxylation is 1. The number of rotatable bonds is 5. The van der Waals surface area contributed by atoms with Gasteiger partial charge in [-0.25, -0.2) is 4.98 Å². The number of nitrogens with zero attached hydrogens (tertiary/aromatic N) is 3. The van der Waals surface area contributed by atoms with E-state index in [2.05, 4.69) is 15.3 Å². The van der Waals surface area contributed by atoms with Crippen LogP contribution in [0.25, 0.3) is 10.6 Å². The van der Waals surface area contributed by atoms with Crippen molar-refractivity contribution in [1.82, 2.24) is 20.2 Å². The number of hydrogen-bond acceptors (Lipinski definition) is 6. The van der Waals surface area contributed by atoms with Crippen LogP contribution < -0.4 is 5.32 Å². The Bertz CT molecular complexity index is 883. The van der Waals surface area contributed by atoms with E-state index in [4.69, 9.17) is 5.11 Å². The van der Waals surface area contributed by atoms with E-state index < -0.39 is 17.9 Å². The van der Waals surface area contributed by atoms with Gasteiger partial charge in [0.05, 0.1) is 11.6 Å². The number of likely N-dealkylation sites (tertiary alicyclic amines) is 1. The molecule has 0 bridgehead atoms. The molecule has 9 heteroatoms. The highest BCUT2D eigenvalue weighted by Crippen LogP contribution is 2.29. The number of amides is 2. The zero-order valence-corrected chi connectivity index (χ0v) is 16.5. The number of carbonyl (C=O) groups excluding carboxylic acids is 2. The Hall–Kier alpha value is -2.81. The minimum atomic E-state index is -1.08. The number of carbonyl (C=O) groups is 3. The van der Waals surface area contributed by atoms with Gasteiger partial charge in [0, 0.05) is 31.0 Å². The summed E-state index contributed by atoms with van der Waals surface area (Å²) in [7, 11) is 0. The predicted octanol–water partition coefficient (Wildman–Crippen LogP) is 1.96. The molecule has 1 saturated heterocycles. The van der Waals surface area contributed by atoms with Crippen LogP contribution in [0.4, 0.5) is 0 Å². The topological polar surface area (TPSA) is 112 Å². The number of nitrogens with one attached hydrogen (secondary N) is 1. The molecular weight excluding hydrogens is 380 g/mol. The first-order valence-electron chi connectivity index (χ1n) is 9.07. The standard InChI is InChI=1S/C19H22N4O4S/c1-11-15(28-17(22-11)13-5-3-7-20-9-13)18(25)23-8-4-6-14(10-23)16(24)21-12(2)19(26)27/h3,5,7,9,12,14H,4,6,8,10H2,1-2H3,(H,21,24)(H,26,27). The number of thiazole rings is 1. The van der Waals surface area contributed by atoms with Crippen LogP contribution in [-0.4, -0.2) is 56.9 Å². The van der Waals surface area contributed by atoms with Gasteiger partial charge in [0.15, 0.2) is 0 Å². The maximum absolute atomic E-state index is 13.0. The normalized spacial score (nSPS) is 17.8. The van der Waals surface area contributed by atoms with E-state index in [1.807, 2.05) is 12.1 Å². The van der Waals surface area contributed by atoms with E-state index in [9.17, 15) is 14.4 Å². The van der Waals surface area contributed by atoms with Crippen molar-refractivity contribution in [2.24, 2.45) is 5.92 Å². The molecule has 1 aliphatic rings. The highest BCUT2D eigenvalue weighted by atomic mass is 32.1. The minimum Gasteiger partial charge on any atom is -0.480 e. The molecule has 28 heavy (non-hydrogen) atoms. The van der Waals surface area contributed by atoms with E-state index in [1.54, 1.807) is 24.2 Å². The van der Waals surface area contributed by atoms with Crippen LogP contribution in [0.1, 0.15) is 35.1 Å². The van der Waals surface area contributed by atoms with Gasteiger partial charge >= 0.3 is 5.97 Å². The van der Waals surface area contributed by atoms with Gasteiger partial charge in [-0.15, -0.1) is 11.3 Å². The first-order chi connectivity index (χ1) is 13.4. The lowest BCUT2D eigenvalue weighted by Gasteiger charge is -2.32. The quantitative estimate of drug-likeness (QED) is 0.791. The van der Waals surface area contributed by atoms with E-state index in [0.29, 0.717) is 30.0 Å². The summed E-state index contributed by atoms with van der Waals surface area (Å²) in [6.45, 7) is 4.06. The molecule has 0 aromatic carbocycles. The fraction of sp³-hybridized carbons (Fsp3) is 0.421. The molecule has 1 aliphatic heterocycles. The van der Waals surface area contributed by atoms with Crippen LogP contribution in [0.15, 0.2) is 24.5 Å². The second-order valence-electron chi connectivity index (χ2n) is 6.83. The maximum atomic E-state index is 13.0. The van der Waals surface area contributed by atoms with Gasteiger partial charge in [-0.2, -0.15) is 0 Å². The Balaban J connectivity index is 1.71. The molecular formula is C19H22N4O4S. The lowest BCUT2D eigenvalue weighted by molar-refractivity contribution is -0.142. The van der Waals surface area contributed by atoms with Gasteiger partial charge < -0.3 is 15.3 Å². The second-order valence-corrected chi connectivity index (χ2v) is 7.83. The Labute approximate surface area is 166 Å². The monoisotopic (exact) mass is 402 g/mol. The molecule has 3 rings (SSSR count). The highest BCUT2D eigenvalue weighted by Gasteiger charge is 2.31. The van der Waals surface area contributed by atoms with Crippen molar-refractivity contribution in [3.05, 3.63) is 35.1 Å². The summed E-state index contributed by atoms with van der Waals surface area (Å²) in [4.78, 5) is 47.1. The Morgan fingerprint density at radius 1 is 1.39 bits per heavy atom. The second kappa shape index (κ2) is 8.47. The zero-order valence-electron chi connectivity index (χ0n) is 15.7. The van der Waals surface area contributed by atoms with Gasteiger partial charge in [0.1, 0.15) is 15.9 Å². The minimum absolute atomic E-state index is 0.145. The van der Waals surface area contributed by atoms with Gasteiger partial charge in [-0.1, -0.05) is 0 Å². The summed E-state index contributed by atoms with van der Waals surface area (Å²) in [5.74, 6) is -1.97. The predicted molar refractivity (Wildman–Crippen MR) is 104 cm³/mol. The maximum Gasteiger partial charge on any atom is 0.325 e. The number of carboxylic acid groups (broad SMARTS) is 1. The highest BCUT2D eigenvalue weighted by molar-refractivity contribution is 7.17. The third-order valence-electron chi connectivity index (χ3n) is 4.71. The van der Waals surface area contributed by atoms with Crippen LogP contribution >= 0.6 is 11.3 Å². The molecule has 3 heterocycles. The fourth-order valence-electron chi connectivity index (χ4n) is 3.12. The van der Waals surface area contributed by atoms with Crippen LogP contribution in [0.5, 0.6) is 0 Å². The molecule has 2 aromatic heterocycles. The van der Waals surface area contributed by atoms with Gasteiger partial charge in [-0.3, -0.25) is 19.4 Å². The molecule has 0 radical (unpaired) electrons.